The molecule has 0 bridgehead atoms. The van der Waals surface area contributed by atoms with Gasteiger partial charge in [-0.05, 0) is 17.7 Å². The monoisotopic (exact) mass is 266 g/mol. The Kier molecular flexibility index (Phi) is 4.36. The van der Waals surface area contributed by atoms with Crippen molar-refractivity contribution in [1.82, 2.24) is 5.32 Å². The van der Waals surface area contributed by atoms with E-state index >= 15 is 0 Å². The van der Waals surface area contributed by atoms with Crippen LogP contribution in [0.2, 0.25) is 0 Å². The fourth-order valence-corrected chi connectivity index (χ4v) is 2.15. The zero-order valence-electron chi connectivity index (χ0n) is 10.5. The van der Waals surface area contributed by atoms with Crippen LogP contribution in [0.5, 0.6) is 0 Å². The van der Waals surface area contributed by atoms with Gasteiger partial charge in [-0.2, -0.15) is 0 Å². The Morgan fingerprint density at radius 1 is 1.26 bits per heavy atom. The van der Waals surface area contributed by atoms with Gasteiger partial charge in [0.15, 0.2) is 6.10 Å². The average molecular weight is 266 g/mol. The number of carboxylic acid groups (broad SMARTS) is 1. The van der Waals surface area contributed by atoms with Crippen molar-refractivity contribution in [3.63, 3.8) is 0 Å². The maximum atomic E-state index is 10.7. The van der Waals surface area contributed by atoms with Gasteiger partial charge in [-0.25, -0.2) is 4.79 Å². The average Bonchev–Trinajstić information content (AvgIpc) is 2.46. The second-order valence-electron chi connectivity index (χ2n) is 4.56. The molecule has 1 aliphatic heterocycles. The Labute approximate surface area is 111 Å². The Morgan fingerprint density at radius 2 is 1.95 bits per heavy atom. The molecule has 1 aromatic carbocycles. The first kappa shape index (κ1) is 13.8. The Balaban J connectivity index is 2.16. The molecule has 0 amide bonds. The summed E-state index contributed by atoms with van der Waals surface area (Å²) in [5.74, 6) is -1.43. The maximum Gasteiger partial charge on any atom is 0.335 e. The van der Waals surface area contributed by atoms with Gasteiger partial charge in [-0.3, -0.25) is 0 Å². The van der Waals surface area contributed by atoms with E-state index < -0.39 is 18.2 Å². The second-order valence-corrected chi connectivity index (χ2v) is 4.56. The van der Waals surface area contributed by atoms with E-state index in [0.29, 0.717) is 5.56 Å². The van der Waals surface area contributed by atoms with Crippen molar-refractivity contribution in [3.8, 4) is 0 Å². The van der Waals surface area contributed by atoms with Gasteiger partial charge in [0.1, 0.15) is 6.10 Å². The first-order valence-corrected chi connectivity index (χ1v) is 6.24. The van der Waals surface area contributed by atoms with Crippen molar-refractivity contribution < 1.29 is 20.1 Å². The van der Waals surface area contributed by atoms with Crippen molar-refractivity contribution in [2.75, 3.05) is 31.1 Å². The first-order valence-electron chi connectivity index (χ1n) is 6.24. The molecule has 0 aliphatic carbocycles. The standard InChI is InChI=1S/C13H18N2O4/c16-11(12(17)13(18)19)9-2-1-3-10(8-9)15-6-4-14-5-7-15/h1-3,8,11-12,14,16-17H,4-7H2,(H,18,19). The summed E-state index contributed by atoms with van der Waals surface area (Å²) < 4.78 is 0. The number of nitrogens with zero attached hydrogens (tertiary/aromatic N) is 1. The molecule has 1 fully saturated rings. The summed E-state index contributed by atoms with van der Waals surface area (Å²) in [7, 11) is 0. The molecule has 6 heteroatoms. The fraction of sp³-hybridized carbons (Fsp3) is 0.462. The smallest absolute Gasteiger partial charge is 0.335 e. The minimum atomic E-state index is -1.81. The highest BCUT2D eigenvalue weighted by molar-refractivity contribution is 5.73. The highest BCUT2D eigenvalue weighted by atomic mass is 16.4. The number of carboxylic acids is 1. The number of aliphatic hydroxyl groups is 2. The van der Waals surface area contributed by atoms with Crippen LogP contribution in [0.3, 0.4) is 0 Å². The summed E-state index contributed by atoms with van der Waals surface area (Å²) in [5.41, 5.74) is 1.33. The maximum absolute atomic E-state index is 10.7. The topological polar surface area (TPSA) is 93.0 Å². The number of piperazine rings is 1. The lowest BCUT2D eigenvalue weighted by Gasteiger charge is -2.30. The van der Waals surface area contributed by atoms with Crippen LogP contribution in [0.4, 0.5) is 5.69 Å². The number of hydrogen-bond acceptors (Lipinski definition) is 5. The third kappa shape index (κ3) is 3.23. The number of nitrogens with one attached hydrogen (secondary N) is 1. The lowest BCUT2D eigenvalue weighted by Crippen LogP contribution is -2.43. The number of benzene rings is 1. The highest BCUT2D eigenvalue weighted by Gasteiger charge is 2.25. The molecule has 0 saturated carbocycles. The SMILES string of the molecule is O=C(O)C(O)C(O)c1cccc(N2CCNCC2)c1. The third-order valence-corrected chi connectivity index (χ3v) is 3.25. The number of anilines is 1. The summed E-state index contributed by atoms with van der Waals surface area (Å²) >= 11 is 0. The summed E-state index contributed by atoms with van der Waals surface area (Å²) in [6.07, 6.45) is -3.22. The van der Waals surface area contributed by atoms with Crippen LogP contribution in [0.1, 0.15) is 11.7 Å². The van der Waals surface area contributed by atoms with Gasteiger partial charge in [-0.1, -0.05) is 12.1 Å². The summed E-state index contributed by atoms with van der Waals surface area (Å²) in [6, 6.07) is 7.00. The third-order valence-electron chi connectivity index (χ3n) is 3.25. The van der Waals surface area contributed by atoms with Gasteiger partial charge in [0.05, 0.1) is 0 Å². The number of aliphatic hydroxyl groups excluding tert-OH is 2. The predicted molar refractivity (Wildman–Crippen MR) is 70.1 cm³/mol. The first-order chi connectivity index (χ1) is 9.09. The van der Waals surface area contributed by atoms with Crippen LogP contribution < -0.4 is 10.2 Å². The Bertz CT molecular complexity index is 446. The van der Waals surface area contributed by atoms with E-state index in [9.17, 15) is 15.0 Å². The molecule has 2 unspecified atom stereocenters. The van der Waals surface area contributed by atoms with Gasteiger partial charge in [0.25, 0.3) is 0 Å². The van der Waals surface area contributed by atoms with Gasteiger partial charge < -0.3 is 25.5 Å². The number of carbonyl (C=O) groups is 1. The fourth-order valence-electron chi connectivity index (χ4n) is 2.15. The minimum Gasteiger partial charge on any atom is -0.479 e. The van der Waals surface area contributed by atoms with E-state index in [1.165, 1.54) is 0 Å². The van der Waals surface area contributed by atoms with Crippen LogP contribution in [0.15, 0.2) is 24.3 Å². The summed E-state index contributed by atoms with van der Waals surface area (Å²) in [6.45, 7) is 3.51. The van der Waals surface area contributed by atoms with Crippen LogP contribution in [0, 0.1) is 0 Å². The molecule has 4 N–H and O–H groups in total. The van der Waals surface area contributed by atoms with Gasteiger partial charge in [-0.15, -0.1) is 0 Å². The van der Waals surface area contributed by atoms with Crippen LogP contribution in [-0.4, -0.2) is 53.6 Å². The Morgan fingerprint density at radius 3 is 2.58 bits per heavy atom. The largest absolute Gasteiger partial charge is 0.479 e. The zero-order valence-corrected chi connectivity index (χ0v) is 10.5. The molecular weight excluding hydrogens is 248 g/mol. The van der Waals surface area contributed by atoms with E-state index in [1.807, 2.05) is 6.07 Å². The highest BCUT2D eigenvalue weighted by Crippen LogP contribution is 2.23. The van der Waals surface area contributed by atoms with Crippen LogP contribution >= 0.6 is 0 Å². The summed E-state index contributed by atoms with van der Waals surface area (Å²) in [5, 5.41) is 31.1. The molecule has 6 nitrogen and oxygen atoms in total. The second kappa shape index (κ2) is 6.01. The number of hydrogen-bond donors (Lipinski definition) is 4. The predicted octanol–water partition coefficient (Wildman–Crippen LogP) is -0.425. The molecule has 104 valence electrons. The lowest BCUT2D eigenvalue weighted by atomic mass is 10.0. The van der Waals surface area contributed by atoms with Crippen molar-refractivity contribution in [2.24, 2.45) is 0 Å². The molecule has 19 heavy (non-hydrogen) atoms. The normalized spacial score (nSPS) is 18.9. The molecule has 0 radical (unpaired) electrons. The molecular formula is C13H18N2O4. The van der Waals surface area contributed by atoms with E-state index in [1.54, 1.807) is 18.2 Å². The van der Waals surface area contributed by atoms with Gasteiger partial charge in [0.2, 0.25) is 0 Å². The molecule has 1 aliphatic rings. The molecule has 2 atom stereocenters. The summed E-state index contributed by atoms with van der Waals surface area (Å²) in [4.78, 5) is 12.8. The lowest BCUT2D eigenvalue weighted by molar-refractivity contribution is -0.153. The van der Waals surface area contributed by atoms with Crippen molar-refractivity contribution in [2.45, 2.75) is 12.2 Å². The van der Waals surface area contributed by atoms with Crippen molar-refractivity contribution in [3.05, 3.63) is 29.8 Å². The van der Waals surface area contributed by atoms with E-state index in [-0.39, 0.29) is 0 Å². The number of aliphatic carboxylic acids is 1. The van der Waals surface area contributed by atoms with Gasteiger partial charge >= 0.3 is 5.97 Å². The minimum absolute atomic E-state index is 0.408. The molecule has 1 aromatic rings. The van der Waals surface area contributed by atoms with E-state index in [4.69, 9.17) is 5.11 Å². The van der Waals surface area contributed by atoms with Gasteiger partial charge in [0, 0.05) is 31.9 Å². The molecule has 0 aromatic heterocycles. The molecule has 0 spiro atoms. The Hall–Kier alpha value is -1.63. The van der Waals surface area contributed by atoms with Crippen LogP contribution in [0.25, 0.3) is 0 Å². The number of rotatable bonds is 4. The zero-order chi connectivity index (χ0) is 13.8. The molecule has 1 heterocycles. The molecule has 1 saturated heterocycles. The van der Waals surface area contributed by atoms with E-state index in [0.717, 1.165) is 31.9 Å². The van der Waals surface area contributed by atoms with E-state index in [2.05, 4.69) is 10.2 Å². The van der Waals surface area contributed by atoms with Crippen molar-refractivity contribution in [1.29, 1.82) is 0 Å². The van der Waals surface area contributed by atoms with Crippen LogP contribution in [-0.2, 0) is 4.79 Å². The molecule has 2 rings (SSSR count). The van der Waals surface area contributed by atoms with Crippen molar-refractivity contribution >= 4 is 11.7 Å². The quantitative estimate of drug-likeness (QED) is 0.591.